The van der Waals surface area contributed by atoms with Crippen LogP contribution in [0.5, 0.6) is 0 Å². The maximum atomic E-state index is 5.11. The number of rotatable bonds is 3. The zero-order chi connectivity index (χ0) is 23.9. The summed E-state index contributed by atoms with van der Waals surface area (Å²) in [5.74, 6) is 1.08. The molecular weight excluding hydrogens is 438 g/mol. The third-order valence-corrected chi connectivity index (χ3v) is 7.82. The van der Waals surface area contributed by atoms with Crippen molar-refractivity contribution in [3.8, 4) is 0 Å². The lowest BCUT2D eigenvalue weighted by molar-refractivity contribution is 0.340. The molecule has 0 saturated heterocycles. The molecule has 3 aromatic carbocycles. The van der Waals surface area contributed by atoms with E-state index in [9.17, 15) is 0 Å². The number of nitrogens with zero attached hydrogens (tertiary/aromatic N) is 3. The van der Waals surface area contributed by atoms with Crippen molar-refractivity contribution in [2.75, 3.05) is 0 Å². The van der Waals surface area contributed by atoms with E-state index in [1.54, 1.807) is 0 Å². The predicted octanol–water partition coefficient (Wildman–Crippen LogP) is 8.17. The maximum absolute atomic E-state index is 5.11. The summed E-state index contributed by atoms with van der Waals surface area (Å²) in [5.41, 5.74) is 6.77. The summed E-state index contributed by atoms with van der Waals surface area (Å²) in [4.78, 5) is 15.3. The van der Waals surface area contributed by atoms with Crippen LogP contribution in [0.4, 0.5) is 0 Å². The highest BCUT2D eigenvalue weighted by atomic mass is 14.8. The molecule has 0 aliphatic heterocycles. The van der Waals surface area contributed by atoms with E-state index in [0.29, 0.717) is 17.8 Å². The van der Waals surface area contributed by atoms with Crippen molar-refractivity contribution >= 4 is 32.7 Å². The number of fused-ring (bicyclic) bond motifs is 3. The van der Waals surface area contributed by atoms with Gasteiger partial charge in [-0.1, -0.05) is 72.8 Å². The number of aromatic nitrogens is 3. The largest absolute Gasteiger partial charge is 0.253 e. The van der Waals surface area contributed by atoms with Gasteiger partial charge in [-0.05, 0) is 55.7 Å². The lowest BCUT2D eigenvalue weighted by Crippen LogP contribution is -2.21. The Labute approximate surface area is 210 Å². The molecular formula is C33H27N3. The fourth-order valence-electron chi connectivity index (χ4n) is 5.97. The van der Waals surface area contributed by atoms with Crippen molar-refractivity contribution in [3.05, 3.63) is 126 Å². The van der Waals surface area contributed by atoms with Crippen molar-refractivity contribution in [2.45, 2.75) is 37.0 Å². The van der Waals surface area contributed by atoms with Crippen molar-refractivity contribution in [1.29, 1.82) is 0 Å². The molecule has 0 spiro atoms. The molecule has 3 nitrogen and oxygen atoms in total. The van der Waals surface area contributed by atoms with Crippen molar-refractivity contribution in [2.24, 2.45) is 0 Å². The van der Waals surface area contributed by atoms with Gasteiger partial charge >= 0.3 is 0 Å². The van der Waals surface area contributed by atoms with E-state index in [-0.39, 0.29) is 0 Å². The van der Waals surface area contributed by atoms with Gasteiger partial charge in [0.15, 0.2) is 0 Å². The summed E-state index contributed by atoms with van der Waals surface area (Å²) in [5, 5.41) is 3.58. The van der Waals surface area contributed by atoms with E-state index >= 15 is 0 Å². The smallest absolute Gasteiger partial charge is 0.0705 e. The molecule has 1 saturated carbocycles. The maximum Gasteiger partial charge on any atom is 0.0705 e. The van der Waals surface area contributed by atoms with Crippen LogP contribution in [0.15, 0.2) is 109 Å². The third-order valence-electron chi connectivity index (χ3n) is 7.82. The minimum absolute atomic E-state index is 0.361. The normalized spacial score (nSPS) is 20.2. The van der Waals surface area contributed by atoms with Crippen LogP contribution in [0.25, 0.3) is 32.7 Å². The Morgan fingerprint density at radius 3 is 1.00 bits per heavy atom. The number of pyridine rings is 3. The van der Waals surface area contributed by atoms with Crippen molar-refractivity contribution in [1.82, 2.24) is 15.0 Å². The minimum atomic E-state index is 0.361. The molecule has 3 aromatic heterocycles. The summed E-state index contributed by atoms with van der Waals surface area (Å²) < 4.78 is 0. The number of benzene rings is 3. The molecule has 0 N–H and O–H groups in total. The molecule has 7 rings (SSSR count). The predicted molar refractivity (Wildman–Crippen MR) is 147 cm³/mol. The van der Waals surface area contributed by atoms with Gasteiger partial charge in [-0.3, -0.25) is 15.0 Å². The van der Waals surface area contributed by atoms with E-state index in [1.807, 2.05) is 0 Å². The van der Waals surface area contributed by atoms with E-state index in [1.165, 1.54) is 33.2 Å². The van der Waals surface area contributed by atoms with Gasteiger partial charge in [-0.2, -0.15) is 0 Å². The van der Waals surface area contributed by atoms with Crippen LogP contribution < -0.4 is 0 Å². The van der Waals surface area contributed by atoms with E-state index in [0.717, 1.165) is 35.8 Å². The second-order valence-corrected chi connectivity index (χ2v) is 10.1. The standard InChI is InChI=1S/C33H27N3/c1-4-10-28-22(7-1)13-16-31(34-28)25-19-26(32-17-14-23-8-2-5-11-29(23)35-32)21-27(20-25)33-18-15-24-9-3-6-12-30(24)36-33/h1-18,25-27H,19-21H2. The molecule has 36 heavy (non-hydrogen) atoms. The SMILES string of the molecule is c1ccc2nc(C3CC(c4ccc5ccccc5n4)CC(c4ccc5ccccc5n4)C3)ccc2c1. The highest BCUT2D eigenvalue weighted by Gasteiger charge is 2.33. The molecule has 3 heteroatoms. The molecule has 174 valence electrons. The van der Waals surface area contributed by atoms with Crippen LogP contribution >= 0.6 is 0 Å². The Hall–Kier alpha value is -4.11. The topological polar surface area (TPSA) is 38.7 Å². The van der Waals surface area contributed by atoms with Crippen LogP contribution in [-0.2, 0) is 0 Å². The summed E-state index contributed by atoms with van der Waals surface area (Å²) >= 11 is 0. The number of hydrogen-bond acceptors (Lipinski definition) is 3. The monoisotopic (exact) mass is 465 g/mol. The van der Waals surface area contributed by atoms with Gasteiger partial charge in [-0.25, -0.2) is 0 Å². The van der Waals surface area contributed by atoms with Crippen LogP contribution in [0, 0.1) is 0 Å². The molecule has 0 atom stereocenters. The second kappa shape index (κ2) is 8.83. The van der Waals surface area contributed by atoms with Crippen LogP contribution in [0.2, 0.25) is 0 Å². The summed E-state index contributed by atoms with van der Waals surface area (Å²) in [6.07, 6.45) is 3.17. The van der Waals surface area contributed by atoms with Gasteiger partial charge in [0.2, 0.25) is 0 Å². The third kappa shape index (κ3) is 3.91. The summed E-state index contributed by atoms with van der Waals surface area (Å²) in [6, 6.07) is 38.6. The van der Waals surface area contributed by atoms with Crippen LogP contribution in [0.1, 0.15) is 54.1 Å². The van der Waals surface area contributed by atoms with Gasteiger partial charge in [0.25, 0.3) is 0 Å². The van der Waals surface area contributed by atoms with Gasteiger partial charge in [0.05, 0.1) is 16.6 Å². The van der Waals surface area contributed by atoms with Gasteiger partial charge in [0.1, 0.15) is 0 Å². The summed E-state index contributed by atoms with van der Waals surface area (Å²) in [6.45, 7) is 0. The first kappa shape index (κ1) is 21.2. The van der Waals surface area contributed by atoms with Crippen LogP contribution in [0.3, 0.4) is 0 Å². The molecule has 0 bridgehead atoms. The zero-order valence-electron chi connectivity index (χ0n) is 20.1. The zero-order valence-corrected chi connectivity index (χ0v) is 20.1. The molecule has 0 amide bonds. The number of hydrogen-bond donors (Lipinski definition) is 0. The Bertz CT molecular complexity index is 1500. The first-order valence-corrected chi connectivity index (χ1v) is 12.9. The Morgan fingerprint density at radius 2 is 0.667 bits per heavy atom. The fraction of sp³-hybridized carbons (Fsp3) is 0.182. The molecule has 6 aromatic rings. The van der Waals surface area contributed by atoms with Gasteiger partial charge in [-0.15, -0.1) is 0 Å². The fourth-order valence-corrected chi connectivity index (χ4v) is 5.97. The summed E-state index contributed by atoms with van der Waals surface area (Å²) in [7, 11) is 0. The highest BCUT2D eigenvalue weighted by molar-refractivity contribution is 5.80. The first-order valence-electron chi connectivity index (χ1n) is 12.9. The Kier molecular flexibility index (Phi) is 5.20. The molecule has 1 aliphatic rings. The lowest BCUT2D eigenvalue weighted by atomic mass is 9.71. The minimum Gasteiger partial charge on any atom is -0.253 e. The van der Waals surface area contributed by atoms with Crippen molar-refractivity contribution < 1.29 is 0 Å². The first-order chi connectivity index (χ1) is 17.8. The van der Waals surface area contributed by atoms with E-state index in [2.05, 4.69) is 109 Å². The highest BCUT2D eigenvalue weighted by Crippen LogP contribution is 2.47. The molecule has 1 fully saturated rings. The quantitative estimate of drug-likeness (QED) is 0.265. The average Bonchev–Trinajstić information content (AvgIpc) is 2.96. The average molecular weight is 466 g/mol. The Balaban J connectivity index is 1.30. The molecule has 3 heterocycles. The van der Waals surface area contributed by atoms with Crippen LogP contribution in [-0.4, -0.2) is 15.0 Å². The van der Waals surface area contributed by atoms with E-state index in [4.69, 9.17) is 15.0 Å². The van der Waals surface area contributed by atoms with Crippen molar-refractivity contribution in [3.63, 3.8) is 0 Å². The Morgan fingerprint density at radius 1 is 0.361 bits per heavy atom. The van der Waals surface area contributed by atoms with E-state index < -0.39 is 0 Å². The second-order valence-electron chi connectivity index (χ2n) is 10.1. The number of para-hydroxylation sites is 3. The molecule has 0 radical (unpaired) electrons. The molecule has 0 unspecified atom stereocenters. The van der Waals surface area contributed by atoms with Gasteiger partial charge in [0, 0.05) is 51.0 Å². The molecule has 1 aliphatic carbocycles. The lowest BCUT2D eigenvalue weighted by Gasteiger charge is -2.34. The van der Waals surface area contributed by atoms with Gasteiger partial charge < -0.3 is 0 Å².